The molecule has 0 saturated carbocycles. The van der Waals surface area contributed by atoms with Gasteiger partial charge in [0.15, 0.2) is 0 Å². The van der Waals surface area contributed by atoms with Crippen LogP contribution < -0.4 is 0 Å². The van der Waals surface area contributed by atoms with Gasteiger partial charge in [-0.3, -0.25) is 14.4 Å². The van der Waals surface area contributed by atoms with Crippen molar-refractivity contribution < 1.29 is 24.6 Å². The third-order valence-corrected chi connectivity index (χ3v) is 2.55. The van der Waals surface area contributed by atoms with E-state index < -0.39 is 30.9 Å². The van der Waals surface area contributed by atoms with Gasteiger partial charge in [-0.2, -0.15) is 0 Å². The van der Waals surface area contributed by atoms with Gasteiger partial charge >= 0.3 is 11.9 Å². The molecule has 1 amide bonds. The number of carbonyl (C=O) groups is 3. The maximum atomic E-state index is 11.8. The average Bonchev–Trinajstić information content (AvgIpc) is 2.61. The van der Waals surface area contributed by atoms with Crippen molar-refractivity contribution in [2.45, 2.75) is 6.92 Å². The summed E-state index contributed by atoms with van der Waals surface area (Å²) in [6.07, 6.45) is 0. The summed E-state index contributed by atoms with van der Waals surface area (Å²) in [5, 5.41) is 19.3. The Morgan fingerprint density at radius 1 is 1.29 bits per heavy atom. The second kappa shape index (κ2) is 5.39. The molecule has 0 radical (unpaired) electrons. The van der Waals surface area contributed by atoms with Gasteiger partial charge in [0.2, 0.25) is 0 Å². The van der Waals surface area contributed by atoms with E-state index in [-0.39, 0.29) is 5.69 Å². The summed E-state index contributed by atoms with van der Waals surface area (Å²) < 4.78 is 0. The number of amides is 1. The molecule has 0 unspecified atom stereocenters. The highest BCUT2D eigenvalue weighted by Crippen LogP contribution is 2.10. The summed E-state index contributed by atoms with van der Waals surface area (Å²) in [6.45, 7) is 0.365. The highest BCUT2D eigenvalue weighted by atomic mass is 32.1. The lowest BCUT2D eigenvalue weighted by Crippen LogP contribution is -2.39. The number of carbonyl (C=O) groups excluding carboxylic acids is 1. The van der Waals surface area contributed by atoms with Crippen LogP contribution in [0, 0.1) is 6.92 Å². The van der Waals surface area contributed by atoms with E-state index in [1.807, 2.05) is 0 Å². The van der Waals surface area contributed by atoms with E-state index in [4.69, 9.17) is 10.2 Å². The third kappa shape index (κ3) is 3.83. The van der Waals surface area contributed by atoms with Crippen molar-refractivity contribution in [2.24, 2.45) is 0 Å². The molecule has 0 saturated heterocycles. The van der Waals surface area contributed by atoms with E-state index in [1.54, 1.807) is 6.92 Å². The number of aliphatic carboxylic acids is 2. The zero-order chi connectivity index (χ0) is 13.0. The number of thiazole rings is 1. The van der Waals surface area contributed by atoms with Gasteiger partial charge in [-0.15, -0.1) is 11.3 Å². The molecule has 1 heterocycles. The zero-order valence-electron chi connectivity index (χ0n) is 8.91. The van der Waals surface area contributed by atoms with E-state index in [0.29, 0.717) is 5.01 Å². The number of hydrogen-bond donors (Lipinski definition) is 2. The summed E-state index contributed by atoms with van der Waals surface area (Å²) >= 11 is 1.23. The zero-order valence-corrected chi connectivity index (χ0v) is 9.73. The fourth-order valence-electron chi connectivity index (χ4n) is 1.15. The van der Waals surface area contributed by atoms with Gasteiger partial charge in [0.1, 0.15) is 18.8 Å². The van der Waals surface area contributed by atoms with Crippen LogP contribution in [-0.2, 0) is 9.59 Å². The average molecular weight is 258 g/mol. The minimum Gasteiger partial charge on any atom is -0.480 e. The predicted octanol–water partition coefficient (Wildman–Crippen LogP) is 0.0629. The number of carboxylic acid groups (broad SMARTS) is 2. The molecule has 0 aliphatic rings. The molecule has 1 aromatic heterocycles. The smallest absolute Gasteiger partial charge is 0.323 e. The topological polar surface area (TPSA) is 108 Å². The van der Waals surface area contributed by atoms with Crippen LogP contribution in [0.15, 0.2) is 5.38 Å². The summed E-state index contributed by atoms with van der Waals surface area (Å²) in [4.78, 5) is 37.4. The third-order valence-electron chi connectivity index (χ3n) is 1.78. The number of rotatable bonds is 5. The molecule has 8 heteroatoms. The first kappa shape index (κ1) is 13.1. The normalized spacial score (nSPS) is 9.94. The summed E-state index contributed by atoms with van der Waals surface area (Å²) in [5.41, 5.74) is 0.0648. The Kier molecular flexibility index (Phi) is 4.16. The molecule has 7 nitrogen and oxygen atoms in total. The van der Waals surface area contributed by atoms with Gasteiger partial charge < -0.3 is 15.1 Å². The van der Waals surface area contributed by atoms with E-state index in [0.717, 1.165) is 4.90 Å². The largest absolute Gasteiger partial charge is 0.480 e. The molecular formula is C9H10N2O5S. The van der Waals surface area contributed by atoms with Crippen LogP contribution >= 0.6 is 11.3 Å². The Hall–Kier alpha value is -1.96. The number of hydrogen-bond acceptors (Lipinski definition) is 5. The SMILES string of the molecule is Cc1nc(C(=O)N(CC(=O)O)CC(=O)O)cs1. The van der Waals surface area contributed by atoms with E-state index >= 15 is 0 Å². The minimum absolute atomic E-state index is 0.0648. The summed E-state index contributed by atoms with van der Waals surface area (Å²) in [5.74, 6) is -3.24. The lowest BCUT2D eigenvalue weighted by molar-refractivity contribution is -0.140. The molecule has 0 aliphatic carbocycles. The molecule has 0 fully saturated rings. The molecule has 1 rings (SSSR count). The Bertz CT molecular complexity index is 440. The highest BCUT2D eigenvalue weighted by Gasteiger charge is 2.22. The van der Waals surface area contributed by atoms with Crippen LogP contribution in [0.4, 0.5) is 0 Å². The van der Waals surface area contributed by atoms with Crippen LogP contribution in [0.1, 0.15) is 15.5 Å². The maximum absolute atomic E-state index is 11.8. The van der Waals surface area contributed by atoms with Crippen LogP contribution in [0.25, 0.3) is 0 Å². The first-order valence-corrected chi connectivity index (χ1v) is 5.43. The van der Waals surface area contributed by atoms with Crippen LogP contribution in [0.3, 0.4) is 0 Å². The number of aromatic nitrogens is 1. The summed E-state index contributed by atoms with van der Waals surface area (Å²) in [6, 6.07) is 0. The van der Waals surface area contributed by atoms with Crippen molar-refractivity contribution in [3.8, 4) is 0 Å². The van der Waals surface area contributed by atoms with Crippen molar-refractivity contribution >= 4 is 29.2 Å². The van der Waals surface area contributed by atoms with E-state index in [2.05, 4.69) is 4.98 Å². The monoisotopic (exact) mass is 258 g/mol. The number of carboxylic acids is 2. The lowest BCUT2D eigenvalue weighted by Gasteiger charge is -2.16. The fraction of sp³-hybridized carbons (Fsp3) is 0.333. The van der Waals surface area contributed by atoms with Crippen LogP contribution in [0.2, 0.25) is 0 Å². The molecular weight excluding hydrogens is 248 g/mol. The Balaban J connectivity index is 2.85. The first-order valence-electron chi connectivity index (χ1n) is 4.55. The summed E-state index contributed by atoms with van der Waals surface area (Å²) in [7, 11) is 0. The van der Waals surface area contributed by atoms with Crippen LogP contribution in [-0.4, -0.2) is 51.0 Å². The quantitative estimate of drug-likeness (QED) is 0.773. The maximum Gasteiger partial charge on any atom is 0.323 e. The second-order valence-electron chi connectivity index (χ2n) is 3.20. The van der Waals surface area contributed by atoms with Gasteiger partial charge in [-0.1, -0.05) is 0 Å². The molecule has 17 heavy (non-hydrogen) atoms. The first-order chi connectivity index (χ1) is 7.90. The molecule has 0 aliphatic heterocycles. The van der Waals surface area contributed by atoms with Crippen molar-refractivity contribution in [3.05, 3.63) is 16.1 Å². The molecule has 92 valence electrons. The molecule has 0 spiro atoms. The number of aryl methyl sites for hydroxylation is 1. The van der Waals surface area contributed by atoms with E-state index in [1.165, 1.54) is 16.7 Å². The lowest BCUT2D eigenvalue weighted by atomic mass is 10.3. The predicted molar refractivity (Wildman–Crippen MR) is 58.0 cm³/mol. The van der Waals surface area contributed by atoms with Gasteiger partial charge in [0.05, 0.1) is 5.01 Å². The van der Waals surface area contributed by atoms with Gasteiger partial charge in [-0.05, 0) is 6.92 Å². The highest BCUT2D eigenvalue weighted by molar-refractivity contribution is 7.09. The molecule has 1 aromatic rings. The van der Waals surface area contributed by atoms with Crippen molar-refractivity contribution in [3.63, 3.8) is 0 Å². The number of nitrogens with zero attached hydrogens (tertiary/aromatic N) is 2. The molecule has 0 atom stereocenters. The standard InChI is InChI=1S/C9H10N2O5S/c1-5-10-6(4-17-5)9(16)11(2-7(12)13)3-8(14)15/h4H,2-3H2,1H3,(H,12,13)(H,14,15). The molecule has 0 bridgehead atoms. The molecule has 0 aromatic carbocycles. The van der Waals surface area contributed by atoms with Crippen molar-refractivity contribution in [1.82, 2.24) is 9.88 Å². The Labute approximate surface area is 100 Å². The Morgan fingerprint density at radius 3 is 2.18 bits per heavy atom. The second-order valence-corrected chi connectivity index (χ2v) is 4.26. The van der Waals surface area contributed by atoms with E-state index in [9.17, 15) is 14.4 Å². The Morgan fingerprint density at radius 2 is 1.82 bits per heavy atom. The molecule has 2 N–H and O–H groups in total. The van der Waals surface area contributed by atoms with Gasteiger partial charge in [0.25, 0.3) is 5.91 Å². The van der Waals surface area contributed by atoms with Crippen LogP contribution in [0.5, 0.6) is 0 Å². The van der Waals surface area contributed by atoms with Crippen molar-refractivity contribution in [1.29, 1.82) is 0 Å². The van der Waals surface area contributed by atoms with Gasteiger partial charge in [0, 0.05) is 5.38 Å². The van der Waals surface area contributed by atoms with Crippen molar-refractivity contribution in [2.75, 3.05) is 13.1 Å². The minimum atomic E-state index is -1.27. The van der Waals surface area contributed by atoms with Gasteiger partial charge in [-0.25, -0.2) is 4.98 Å². The fourth-order valence-corrected chi connectivity index (χ4v) is 1.74.